The van der Waals surface area contributed by atoms with E-state index in [1.54, 1.807) is 37.4 Å². The van der Waals surface area contributed by atoms with Crippen molar-refractivity contribution in [1.29, 1.82) is 0 Å². The largest absolute Gasteiger partial charge is 0.416 e. The second kappa shape index (κ2) is 7.93. The van der Waals surface area contributed by atoms with Crippen LogP contribution < -0.4 is 4.90 Å². The molecule has 0 bridgehead atoms. The van der Waals surface area contributed by atoms with Crippen molar-refractivity contribution in [2.24, 2.45) is 5.41 Å². The van der Waals surface area contributed by atoms with Crippen molar-refractivity contribution in [2.75, 3.05) is 11.4 Å². The van der Waals surface area contributed by atoms with Gasteiger partial charge in [0.25, 0.3) is 0 Å². The molecule has 1 fully saturated rings. The van der Waals surface area contributed by atoms with E-state index in [1.165, 1.54) is 12.1 Å². The average Bonchev–Trinajstić information content (AvgIpc) is 3.18. The number of Topliss-reactive ketones (excluding diaryl/α,β-unsaturated/α-hetero) is 1. The van der Waals surface area contributed by atoms with Crippen molar-refractivity contribution in [3.05, 3.63) is 82.9 Å². The molecule has 32 heavy (non-hydrogen) atoms. The Hall–Kier alpha value is -3.42. The van der Waals surface area contributed by atoms with E-state index in [1.807, 2.05) is 24.8 Å². The maximum atomic E-state index is 13.5. The summed E-state index contributed by atoms with van der Waals surface area (Å²) in [4.78, 5) is 19.7. The molecule has 1 aliphatic heterocycles. The van der Waals surface area contributed by atoms with Crippen molar-refractivity contribution in [3.63, 3.8) is 0 Å². The van der Waals surface area contributed by atoms with E-state index in [-0.39, 0.29) is 5.78 Å². The number of ketones is 1. The van der Waals surface area contributed by atoms with Gasteiger partial charge in [0.05, 0.1) is 17.3 Å². The topological polar surface area (TPSA) is 59.2 Å². The van der Waals surface area contributed by atoms with Gasteiger partial charge in [-0.25, -0.2) is 0 Å². The van der Waals surface area contributed by atoms with Crippen LogP contribution in [-0.4, -0.2) is 22.5 Å². The molecule has 0 saturated carbocycles. The summed E-state index contributed by atoms with van der Waals surface area (Å²) in [5.41, 5.74) is 0.0603. The summed E-state index contributed by atoms with van der Waals surface area (Å²) in [7, 11) is 0. The van der Waals surface area contributed by atoms with Gasteiger partial charge in [0.2, 0.25) is 0 Å². The van der Waals surface area contributed by atoms with E-state index in [2.05, 4.69) is 10.1 Å². The van der Waals surface area contributed by atoms with Crippen LogP contribution in [0, 0.1) is 12.3 Å². The van der Waals surface area contributed by atoms with Gasteiger partial charge in [-0.05, 0) is 42.8 Å². The van der Waals surface area contributed by atoms with Crippen LogP contribution in [0.1, 0.15) is 42.5 Å². The fourth-order valence-electron chi connectivity index (χ4n) is 3.95. The number of nitrogens with zero attached hydrogens (tertiary/aromatic N) is 3. The SMILES string of the molecule is Cc1cc(N2CC(C)(C)C(=O)/C(=C/c3ccccn3)C2c2ccc(C(F)(F)F)cc2)no1. The zero-order valence-corrected chi connectivity index (χ0v) is 17.8. The van der Waals surface area contributed by atoms with Crippen molar-refractivity contribution in [1.82, 2.24) is 10.1 Å². The number of hydrogen-bond acceptors (Lipinski definition) is 5. The van der Waals surface area contributed by atoms with E-state index in [9.17, 15) is 18.0 Å². The van der Waals surface area contributed by atoms with Gasteiger partial charge >= 0.3 is 6.18 Å². The van der Waals surface area contributed by atoms with Crippen LogP contribution in [0.2, 0.25) is 0 Å². The molecular formula is C24H22F3N3O2. The summed E-state index contributed by atoms with van der Waals surface area (Å²) >= 11 is 0. The maximum Gasteiger partial charge on any atom is 0.416 e. The van der Waals surface area contributed by atoms with Gasteiger partial charge in [-0.1, -0.05) is 37.2 Å². The number of hydrogen-bond donors (Lipinski definition) is 0. The molecule has 0 aliphatic carbocycles. The number of carbonyl (C=O) groups excluding carboxylic acids is 1. The molecule has 2 aromatic heterocycles. The number of benzene rings is 1. The third-order valence-corrected chi connectivity index (χ3v) is 5.50. The summed E-state index contributed by atoms with van der Waals surface area (Å²) < 4.78 is 44.6. The first kappa shape index (κ1) is 21.8. The minimum Gasteiger partial charge on any atom is -0.360 e. The molecule has 1 aromatic carbocycles. The molecule has 1 saturated heterocycles. The number of aryl methyl sites for hydroxylation is 1. The van der Waals surface area contributed by atoms with Gasteiger partial charge in [-0.3, -0.25) is 9.78 Å². The zero-order valence-electron chi connectivity index (χ0n) is 17.8. The van der Waals surface area contributed by atoms with Crippen LogP contribution in [0.25, 0.3) is 6.08 Å². The fraction of sp³-hybridized carbons (Fsp3) is 0.292. The number of aromatic nitrogens is 2. The molecule has 0 N–H and O–H groups in total. The molecular weight excluding hydrogens is 419 g/mol. The maximum absolute atomic E-state index is 13.5. The first-order chi connectivity index (χ1) is 15.1. The van der Waals surface area contributed by atoms with Gasteiger partial charge in [-0.15, -0.1) is 0 Å². The molecule has 0 amide bonds. The number of carbonyl (C=O) groups is 1. The minimum atomic E-state index is -4.45. The van der Waals surface area contributed by atoms with Crippen molar-refractivity contribution in [3.8, 4) is 0 Å². The first-order valence-corrected chi connectivity index (χ1v) is 10.1. The molecule has 1 aliphatic rings. The Morgan fingerprint density at radius 2 is 1.88 bits per heavy atom. The molecule has 8 heteroatoms. The van der Waals surface area contributed by atoms with Crippen molar-refractivity contribution >= 4 is 17.7 Å². The van der Waals surface area contributed by atoms with E-state index >= 15 is 0 Å². The third kappa shape index (κ3) is 4.17. The van der Waals surface area contributed by atoms with Gasteiger partial charge in [0, 0.05) is 29.8 Å². The Bertz CT molecular complexity index is 1150. The van der Waals surface area contributed by atoms with Gasteiger partial charge in [0.1, 0.15) is 5.76 Å². The lowest BCUT2D eigenvalue weighted by Gasteiger charge is -2.44. The summed E-state index contributed by atoms with van der Waals surface area (Å²) in [6, 6.07) is 11.3. The quantitative estimate of drug-likeness (QED) is 0.493. The van der Waals surface area contributed by atoms with Gasteiger partial charge in [-0.2, -0.15) is 13.2 Å². The van der Waals surface area contributed by atoms with Crippen LogP contribution in [0.3, 0.4) is 0 Å². The normalized spacial score (nSPS) is 20.1. The lowest BCUT2D eigenvalue weighted by atomic mass is 9.74. The Balaban J connectivity index is 1.89. The van der Waals surface area contributed by atoms with Crippen LogP contribution in [0.15, 0.2) is 64.8 Å². The average molecular weight is 441 g/mol. The van der Waals surface area contributed by atoms with Crippen LogP contribution in [0.4, 0.5) is 19.0 Å². The molecule has 0 spiro atoms. The Morgan fingerprint density at radius 1 is 1.16 bits per heavy atom. The van der Waals surface area contributed by atoms with E-state index in [4.69, 9.17) is 4.52 Å². The lowest BCUT2D eigenvalue weighted by Crippen LogP contribution is -2.49. The minimum absolute atomic E-state index is 0.0930. The predicted molar refractivity (Wildman–Crippen MR) is 114 cm³/mol. The molecule has 1 atom stereocenters. The first-order valence-electron chi connectivity index (χ1n) is 10.1. The Kier molecular flexibility index (Phi) is 5.40. The molecule has 1 unspecified atom stereocenters. The van der Waals surface area contributed by atoms with Crippen molar-refractivity contribution < 1.29 is 22.5 Å². The number of piperidine rings is 1. The number of alkyl halides is 3. The fourth-order valence-corrected chi connectivity index (χ4v) is 3.95. The lowest BCUT2D eigenvalue weighted by molar-refractivity contribution is -0.137. The number of rotatable bonds is 3. The number of pyridine rings is 1. The summed E-state index contributed by atoms with van der Waals surface area (Å²) in [5, 5.41) is 4.12. The number of halogens is 3. The van der Waals surface area contributed by atoms with Crippen LogP contribution in [0.5, 0.6) is 0 Å². The van der Waals surface area contributed by atoms with Crippen LogP contribution in [-0.2, 0) is 11.0 Å². The monoisotopic (exact) mass is 441 g/mol. The van der Waals surface area contributed by atoms with E-state index < -0.39 is 23.2 Å². The second-order valence-corrected chi connectivity index (χ2v) is 8.51. The van der Waals surface area contributed by atoms with E-state index in [0.717, 1.165) is 12.1 Å². The highest BCUT2D eigenvalue weighted by Gasteiger charge is 2.45. The molecule has 5 nitrogen and oxygen atoms in total. The molecule has 3 heterocycles. The predicted octanol–water partition coefficient (Wildman–Crippen LogP) is 5.64. The summed E-state index contributed by atoms with van der Waals surface area (Å²) in [5.74, 6) is 1.01. The molecule has 166 valence electrons. The smallest absolute Gasteiger partial charge is 0.360 e. The summed E-state index contributed by atoms with van der Waals surface area (Å²) in [6.45, 7) is 5.76. The van der Waals surface area contributed by atoms with Gasteiger partial charge in [0.15, 0.2) is 11.6 Å². The molecule has 0 radical (unpaired) electrons. The molecule has 4 rings (SSSR count). The number of anilines is 1. The third-order valence-electron chi connectivity index (χ3n) is 5.50. The highest BCUT2D eigenvalue weighted by Crippen LogP contribution is 2.44. The van der Waals surface area contributed by atoms with E-state index in [0.29, 0.717) is 35.0 Å². The van der Waals surface area contributed by atoms with Crippen molar-refractivity contribution in [2.45, 2.75) is 33.0 Å². The standard InChI is InChI=1S/C24H22F3N3O2/c1-15-12-20(29-32-15)30-14-23(2,3)22(31)19(13-18-6-4-5-11-28-18)21(30)16-7-9-17(10-8-16)24(25,26)27/h4-13,21H,14H2,1-3H3/b19-13+. The highest BCUT2D eigenvalue weighted by atomic mass is 19.4. The Morgan fingerprint density at radius 3 is 2.44 bits per heavy atom. The zero-order chi connectivity index (χ0) is 23.1. The van der Waals surface area contributed by atoms with Gasteiger partial charge < -0.3 is 9.42 Å². The Labute approximate surface area is 183 Å². The molecule has 3 aromatic rings. The highest BCUT2D eigenvalue weighted by molar-refractivity contribution is 6.06. The second-order valence-electron chi connectivity index (χ2n) is 8.51. The van der Waals surface area contributed by atoms with Crippen LogP contribution >= 0.6 is 0 Å². The summed E-state index contributed by atoms with van der Waals surface area (Å²) in [6.07, 6.45) is -1.12.